The second-order valence-corrected chi connectivity index (χ2v) is 6.96. The number of benzene rings is 2. The molecule has 0 radical (unpaired) electrons. The van der Waals surface area contributed by atoms with Crippen LogP contribution in [0.3, 0.4) is 0 Å². The first-order valence-electron chi connectivity index (χ1n) is 6.60. The molecule has 0 fully saturated rings. The molecule has 0 aliphatic rings. The van der Waals surface area contributed by atoms with Gasteiger partial charge in [0.25, 0.3) is 10.0 Å². The normalized spacial score (nSPS) is 11.6. The Hall–Kier alpha value is -2.45. The molecule has 9 heteroatoms. The van der Waals surface area contributed by atoms with Crippen LogP contribution in [0.25, 0.3) is 10.9 Å². The number of anilines is 2. The number of halogens is 3. The maximum absolute atomic E-state index is 13.4. The zero-order chi connectivity index (χ0) is 17.5. The quantitative estimate of drug-likeness (QED) is 0.691. The molecular weight excluding hydrogens is 360 g/mol. The predicted octanol–water partition coefficient (Wildman–Crippen LogP) is 3.55. The Morgan fingerprint density at radius 3 is 2.58 bits per heavy atom. The molecule has 0 aliphatic carbocycles. The van der Waals surface area contributed by atoms with Crippen molar-refractivity contribution in [2.75, 3.05) is 10.5 Å². The Morgan fingerprint density at radius 1 is 1.12 bits per heavy atom. The lowest BCUT2D eigenvalue weighted by atomic mass is 10.2. The van der Waals surface area contributed by atoms with E-state index in [1.165, 1.54) is 18.3 Å². The molecule has 0 spiro atoms. The van der Waals surface area contributed by atoms with Crippen molar-refractivity contribution in [3.8, 4) is 0 Å². The first-order valence-corrected chi connectivity index (χ1v) is 8.46. The minimum atomic E-state index is -4.25. The van der Waals surface area contributed by atoms with Crippen LogP contribution in [0.4, 0.5) is 20.2 Å². The van der Waals surface area contributed by atoms with Gasteiger partial charge in [-0.2, -0.15) is 0 Å². The maximum atomic E-state index is 13.4. The van der Waals surface area contributed by atoms with Gasteiger partial charge in [0.2, 0.25) is 0 Å². The van der Waals surface area contributed by atoms with Crippen LogP contribution in [0.5, 0.6) is 0 Å². The molecule has 5 nitrogen and oxygen atoms in total. The molecule has 0 unspecified atom stereocenters. The minimum Gasteiger partial charge on any atom is -0.398 e. The minimum absolute atomic E-state index is 0.138. The monoisotopic (exact) mass is 369 g/mol. The highest BCUT2D eigenvalue weighted by Crippen LogP contribution is 2.30. The van der Waals surface area contributed by atoms with Crippen LogP contribution >= 0.6 is 11.6 Å². The summed E-state index contributed by atoms with van der Waals surface area (Å²) >= 11 is 6.05. The summed E-state index contributed by atoms with van der Waals surface area (Å²) in [6.45, 7) is 0. The summed E-state index contributed by atoms with van der Waals surface area (Å²) in [6.07, 6.45) is 1.47. The third-order valence-corrected chi connectivity index (χ3v) is 5.05. The standard InChI is InChI=1S/C15H10ClF2N3O2S/c16-9-3-4-13(15-8(9)2-1-5-20-15)21-24(22,23)14-7-11(18)10(17)6-12(14)19/h1-7,21H,19H2. The molecule has 2 aromatic carbocycles. The summed E-state index contributed by atoms with van der Waals surface area (Å²) in [4.78, 5) is 3.53. The van der Waals surface area contributed by atoms with Crippen molar-refractivity contribution >= 4 is 43.9 Å². The van der Waals surface area contributed by atoms with Gasteiger partial charge in [-0.3, -0.25) is 9.71 Å². The largest absolute Gasteiger partial charge is 0.398 e. The fourth-order valence-corrected chi connectivity index (χ4v) is 3.60. The molecule has 0 amide bonds. The summed E-state index contributed by atoms with van der Waals surface area (Å²) in [6, 6.07) is 7.39. The molecule has 1 heterocycles. The molecule has 0 saturated carbocycles. The fourth-order valence-electron chi connectivity index (χ4n) is 2.20. The first kappa shape index (κ1) is 16.4. The highest BCUT2D eigenvalue weighted by Gasteiger charge is 2.22. The van der Waals surface area contributed by atoms with Gasteiger partial charge in [0, 0.05) is 17.6 Å². The van der Waals surface area contributed by atoms with Crippen LogP contribution in [0.2, 0.25) is 5.02 Å². The zero-order valence-electron chi connectivity index (χ0n) is 11.9. The zero-order valence-corrected chi connectivity index (χ0v) is 13.5. The van der Waals surface area contributed by atoms with E-state index in [1.54, 1.807) is 12.1 Å². The molecule has 124 valence electrons. The van der Waals surface area contributed by atoms with Crippen molar-refractivity contribution in [2.24, 2.45) is 0 Å². The van der Waals surface area contributed by atoms with Gasteiger partial charge in [0.05, 0.1) is 21.9 Å². The van der Waals surface area contributed by atoms with Gasteiger partial charge >= 0.3 is 0 Å². The number of sulfonamides is 1. The van der Waals surface area contributed by atoms with Crippen LogP contribution < -0.4 is 10.5 Å². The lowest BCUT2D eigenvalue weighted by molar-refractivity contribution is 0.505. The molecule has 3 rings (SSSR count). The summed E-state index contributed by atoms with van der Waals surface area (Å²) in [7, 11) is -4.25. The van der Waals surface area contributed by atoms with Crippen molar-refractivity contribution in [1.29, 1.82) is 0 Å². The van der Waals surface area contributed by atoms with Gasteiger partial charge in [0.15, 0.2) is 11.6 Å². The van der Waals surface area contributed by atoms with Gasteiger partial charge in [0.1, 0.15) is 4.90 Å². The number of aromatic nitrogens is 1. The highest BCUT2D eigenvalue weighted by molar-refractivity contribution is 7.93. The van der Waals surface area contributed by atoms with E-state index >= 15 is 0 Å². The van der Waals surface area contributed by atoms with Crippen LogP contribution in [0.1, 0.15) is 0 Å². The first-order chi connectivity index (χ1) is 11.3. The fraction of sp³-hybridized carbons (Fsp3) is 0. The second kappa shape index (κ2) is 5.88. The van der Waals surface area contributed by atoms with Crippen LogP contribution in [-0.4, -0.2) is 13.4 Å². The number of hydrogen-bond donors (Lipinski definition) is 2. The van der Waals surface area contributed by atoms with Crippen molar-refractivity contribution in [2.45, 2.75) is 4.90 Å². The molecule has 0 bridgehead atoms. The summed E-state index contributed by atoms with van der Waals surface area (Å²) in [5.41, 5.74) is 5.55. The van der Waals surface area contributed by atoms with Crippen LogP contribution in [-0.2, 0) is 10.0 Å². The van der Waals surface area contributed by atoms with E-state index < -0.39 is 32.2 Å². The van der Waals surface area contributed by atoms with E-state index in [0.29, 0.717) is 28.1 Å². The van der Waals surface area contributed by atoms with Gasteiger partial charge in [-0.05, 0) is 30.3 Å². The third kappa shape index (κ3) is 2.85. The molecule has 0 saturated heterocycles. The Morgan fingerprint density at radius 2 is 1.83 bits per heavy atom. The Bertz CT molecular complexity index is 1060. The number of nitrogens with zero attached hydrogens (tertiary/aromatic N) is 1. The Labute approximate surface area is 141 Å². The highest BCUT2D eigenvalue weighted by atomic mass is 35.5. The van der Waals surface area contributed by atoms with Crippen LogP contribution in [0, 0.1) is 11.6 Å². The predicted molar refractivity (Wildman–Crippen MR) is 88.3 cm³/mol. The van der Waals surface area contributed by atoms with E-state index in [-0.39, 0.29) is 5.69 Å². The number of nitrogens with two attached hydrogens (primary N) is 1. The Balaban J connectivity index is 2.12. The second-order valence-electron chi connectivity index (χ2n) is 4.90. The van der Waals surface area contributed by atoms with Crippen molar-refractivity contribution in [3.05, 3.63) is 59.3 Å². The Kier molecular flexibility index (Phi) is 4.02. The van der Waals surface area contributed by atoms with E-state index in [9.17, 15) is 17.2 Å². The van der Waals surface area contributed by atoms with Gasteiger partial charge < -0.3 is 5.73 Å². The van der Waals surface area contributed by atoms with E-state index in [0.717, 1.165) is 0 Å². The molecular formula is C15H10ClF2N3O2S. The van der Waals surface area contributed by atoms with Crippen molar-refractivity contribution in [3.63, 3.8) is 0 Å². The maximum Gasteiger partial charge on any atom is 0.264 e. The number of rotatable bonds is 3. The number of nitrogen functional groups attached to an aromatic ring is 1. The van der Waals surface area contributed by atoms with E-state index in [4.69, 9.17) is 17.3 Å². The van der Waals surface area contributed by atoms with Crippen molar-refractivity contribution in [1.82, 2.24) is 4.98 Å². The number of hydrogen-bond acceptors (Lipinski definition) is 4. The lowest BCUT2D eigenvalue weighted by Gasteiger charge is -2.12. The van der Waals surface area contributed by atoms with Gasteiger partial charge in [-0.25, -0.2) is 17.2 Å². The molecule has 0 aliphatic heterocycles. The van der Waals surface area contributed by atoms with E-state index in [1.807, 2.05) is 0 Å². The topological polar surface area (TPSA) is 85.1 Å². The molecule has 1 aromatic heterocycles. The third-order valence-electron chi connectivity index (χ3n) is 3.30. The number of fused-ring (bicyclic) bond motifs is 1. The molecule has 0 atom stereocenters. The SMILES string of the molecule is Nc1cc(F)c(F)cc1S(=O)(=O)Nc1ccc(Cl)c2cccnc12. The van der Waals surface area contributed by atoms with Crippen molar-refractivity contribution < 1.29 is 17.2 Å². The molecule has 3 aromatic rings. The summed E-state index contributed by atoms with van der Waals surface area (Å²) in [5.74, 6) is -2.55. The molecule has 3 N–H and O–H groups in total. The lowest BCUT2D eigenvalue weighted by Crippen LogP contribution is -2.16. The van der Waals surface area contributed by atoms with Crippen LogP contribution in [0.15, 0.2) is 47.5 Å². The van der Waals surface area contributed by atoms with Gasteiger partial charge in [-0.1, -0.05) is 11.6 Å². The summed E-state index contributed by atoms with van der Waals surface area (Å²) < 4.78 is 53.7. The van der Waals surface area contributed by atoms with Gasteiger partial charge in [-0.15, -0.1) is 0 Å². The number of pyridine rings is 1. The average Bonchev–Trinajstić information content (AvgIpc) is 2.53. The number of nitrogens with one attached hydrogen (secondary N) is 1. The summed E-state index contributed by atoms with van der Waals surface area (Å²) in [5, 5.41) is 0.936. The average molecular weight is 370 g/mol. The molecule has 24 heavy (non-hydrogen) atoms. The smallest absolute Gasteiger partial charge is 0.264 e. The van der Waals surface area contributed by atoms with E-state index in [2.05, 4.69) is 9.71 Å².